The monoisotopic (exact) mass is 307 g/mol. The molecule has 0 unspecified atom stereocenters. The number of likely N-dealkylation sites (tertiary alicyclic amines) is 2. The van der Waals surface area contributed by atoms with Crippen LogP contribution in [0.2, 0.25) is 0 Å². The smallest absolute Gasteiger partial charge is 0.233 e. The van der Waals surface area contributed by atoms with Crippen LogP contribution in [0.4, 0.5) is 0 Å². The van der Waals surface area contributed by atoms with E-state index in [0.717, 1.165) is 39.0 Å². The van der Waals surface area contributed by atoms with Gasteiger partial charge in [-0.2, -0.15) is 0 Å². The molecule has 2 amide bonds. The molecule has 0 aromatic heterocycles. The SMILES string of the molecule is CNC(=O)CN1CC[C@H]2CN(C(=O)CC3CCCC3)C[C@H]2C1. The third kappa shape index (κ3) is 3.62. The molecule has 3 aliphatic rings. The number of amides is 2. The van der Waals surface area contributed by atoms with Crippen LogP contribution in [0.1, 0.15) is 38.5 Å². The quantitative estimate of drug-likeness (QED) is 0.846. The van der Waals surface area contributed by atoms with Gasteiger partial charge in [-0.25, -0.2) is 0 Å². The fourth-order valence-corrected chi connectivity index (χ4v) is 4.46. The number of carbonyl (C=O) groups excluding carboxylic acids is 2. The van der Waals surface area contributed by atoms with Crippen LogP contribution < -0.4 is 5.32 Å². The van der Waals surface area contributed by atoms with Gasteiger partial charge in [0, 0.05) is 33.1 Å². The van der Waals surface area contributed by atoms with Crippen LogP contribution >= 0.6 is 0 Å². The van der Waals surface area contributed by atoms with E-state index >= 15 is 0 Å². The molecule has 1 saturated carbocycles. The number of fused-ring (bicyclic) bond motifs is 1. The molecule has 22 heavy (non-hydrogen) atoms. The summed E-state index contributed by atoms with van der Waals surface area (Å²) in [7, 11) is 1.69. The molecular weight excluding hydrogens is 278 g/mol. The average molecular weight is 307 g/mol. The van der Waals surface area contributed by atoms with Crippen molar-refractivity contribution in [2.45, 2.75) is 38.5 Å². The van der Waals surface area contributed by atoms with Crippen LogP contribution in [0.3, 0.4) is 0 Å². The number of carbonyl (C=O) groups is 2. The minimum Gasteiger partial charge on any atom is -0.358 e. The zero-order valence-corrected chi connectivity index (χ0v) is 13.7. The lowest BCUT2D eigenvalue weighted by molar-refractivity contribution is -0.131. The first-order chi connectivity index (χ1) is 10.7. The van der Waals surface area contributed by atoms with E-state index in [2.05, 4.69) is 15.1 Å². The average Bonchev–Trinajstić information content (AvgIpc) is 3.15. The predicted octanol–water partition coefficient (Wildman–Crippen LogP) is 1.09. The number of rotatable bonds is 4. The van der Waals surface area contributed by atoms with Gasteiger partial charge >= 0.3 is 0 Å². The molecule has 0 aromatic rings. The summed E-state index contributed by atoms with van der Waals surface area (Å²) >= 11 is 0. The molecule has 0 spiro atoms. The lowest BCUT2D eigenvalue weighted by Gasteiger charge is -2.33. The Morgan fingerprint density at radius 3 is 2.50 bits per heavy atom. The van der Waals surface area contributed by atoms with Crippen molar-refractivity contribution in [3.05, 3.63) is 0 Å². The molecule has 2 heterocycles. The summed E-state index contributed by atoms with van der Waals surface area (Å²) in [6.45, 7) is 4.30. The molecule has 2 aliphatic heterocycles. The van der Waals surface area contributed by atoms with Gasteiger partial charge < -0.3 is 10.2 Å². The van der Waals surface area contributed by atoms with Crippen molar-refractivity contribution < 1.29 is 9.59 Å². The first-order valence-electron chi connectivity index (χ1n) is 8.86. The molecule has 3 fully saturated rings. The molecule has 2 saturated heterocycles. The molecule has 5 nitrogen and oxygen atoms in total. The van der Waals surface area contributed by atoms with Gasteiger partial charge in [0.15, 0.2) is 0 Å². The molecule has 1 N–H and O–H groups in total. The second-order valence-electron chi connectivity index (χ2n) is 7.37. The van der Waals surface area contributed by atoms with E-state index in [-0.39, 0.29) is 5.91 Å². The van der Waals surface area contributed by atoms with Crippen LogP contribution in [0.5, 0.6) is 0 Å². The van der Waals surface area contributed by atoms with Crippen molar-refractivity contribution in [3.63, 3.8) is 0 Å². The molecule has 3 rings (SSSR count). The summed E-state index contributed by atoms with van der Waals surface area (Å²) in [5, 5.41) is 2.69. The second-order valence-corrected chi connectivity index (χ2v) is 7.37. The molecule has 0 aromatic carbocycles. The second kappa shape index (κ2) is 6.99. The largest absolute Gasteiger partial charge is 0.358 e. The summed E-state index contributed by atoms with van der Waals surface area (Å²) in [6, 6.07) is 0. The molecule has 2 atom stereocenters. The van der Waals surface area contributed by atoms with Gasteiger partial charge in [-0.15, -0.1) is 0 Å². The van der Waals surface area contributed by atoms with Crippen molar-refractivity contribution in [2.24, 2.45) is 17.8 Å². The fraction of sp³-hybridized carbons (Fsp3) is 0.882. The topological polar surface area (TPSA) is 52.7 Å². The normalized spacial score (nSPS) is 29.6. The van der Waals surface area contributed by atoms with E-state index in [9.17, 15) is 9.59 Å². The number of hydrogen-bond donors (Lipinski definition) is 1. The highest BCUT2D eigenvalue weighted by molar-refractivity contribution is 5.78. The Morgan fingerprint density at radius 1 is 1.05 bits per heavy atom. The number of nitrogens with one attached hydrogen (secondary N) is 1. The maximum absolute atomic E-state index is 12.5. The van der Waals surface area contributed by atoms with Gasteiger partial charge in [0.05, 0.1) is 6.54 Å². The molecule has 5 heteroatoms. The van der Waals surface area contributed by atoms with Crippen LogP contribution in [0.25, 0.3) is 0 Å². The van der Waals surface area contributed by atoms with Crippen molar-refractivity contribution in [2.75, 3.05) is 39.8 Å². The predicted molar refractivity (Wildman–Crippen MR) is 85.3 cm³/mol. The van der Waals surface area contributed by atoms with Crippen LogP contribution in [-0.4, -0.2) is 61.4 Å². The maximum atomic E-state index is 12.5. The zero-order valence-electron chi connectivity index (χ0n) is 13.7. The maximum Gasteiger partial charge on any atom is 0.233 e. The highest BCUT2D eigenvalue weighted by Gasteiger charge is 2.39. The summed E-state index contributed by atoms with van der Waals surface area (Å²) in [6.07, 6.45) is 6.98. The molecular formula is C17H29N3O2. The third-order valence-electron chi connectivity index (χ3n) is 5.82. The van der Waals surface area contributed by atoms with E-state index in [4.69, 9.17) is 0 Å². The first kappa shape index (κ1) is 15.8. The number of nitrogens with zero attached hydrogens (tertiary/aromatic N) is 2. The van der Waals surface area contributed by atoms with Gasteiger partial charge in [-0.05, 0) is 43.6 Å². The van der Waals surface area contributed by atoms with Crippen molar-refractivity contribution in [1.82, 2.24) is 15.1 Å². The Hall–Kier alpha value is -1.10. The molecule has 1 aliphatic carbocycles. The van der Waals surface area contributed by atoms with Crippen molar-refractivity contribution in [1.29, 1.82) is 0 Å². The van der Waals surface area contributed by atoms with E-state index in [1.54, 1.807) is 7.05 Å². The minimum absolute atomic E-state index is 0.0885. The Labute approximate surface area is 133 Å². The zero-order chi connectivity index (χ0) is 15.5. The van der Waals surface area contributed by atoms with E-state index in [0.29, 0.717) is 30.2 Å². The van der Waals surface area contributed by atoms with Gasteiger partial charge in [0.25, 0.3) is 0 Å². The molecule has 124 valence electrons. The van der Waals surface area contributed by atoms with Crippen LogP contribution in [-0.2, 0) is 9.59 Å². The van der Waals surface area contributed by atoms with Crippen LogP contribution in [0.15, 0.2) is 0 Å². The summed E-state index contributed by atoms with van der Waals surface area (Å²) in [5.74, 6) is 2.31. The highest BCUT2D eigenvalue weighted by atomic mass is 16.2. The molecule has 0 bridgehead atoms. The van der Waals surface area contributed by atoms with Gasteiger partial charge in [0.2, 0.25) is 11.8 Å². The fourth-order valence-electron chi connectivity index (χ4n) is 4.46. The van der Waals surface area contributed by atoms with Gasteiger partial charge in [0.1, 0.15) is 0 Å². The van der Waals surface area contributed by atoms with E-state index in [1.165, 1.54) is 25.7 Å². The van der Waals surface area contributed by atoms with Crippen LogP contribution in [0, 0.1) is 17.8 Å². The van der Waals surface area contributed by atoms with Gasteiger partial charge in [-0.1, -0.05) is 12.8 Å². The van der Waals surface area contributed by atoms with Crippen molar-refractivity contribution >= 4 is 11.8 Å². The lowest BCUT2D eigenvalue weighted by Crippen LogP contribution is -2.44. The van der Waals surface area contributed by atoms with E-state index in [1.807, 2.05) is 0 Å². The van der Waals surface area contributed by atoms with E-state index < -0.39 is 0 Å². The first-order valence-corrected chi connectivity index (χ1v) is 8.86. The summed E-state index contributed by atoms with van der Waals surface area (Å²) < 4.78 is 0. The Bertz CT molecular complexity index is 420. The number of hydrogen-bond acceptors (Lipinski definition) is 3. The summed E-state index contributed by atoms with van der Waals surface area (Å²) in [4.78, 5) is 28.4. The summed E-state index contributed by atoms with van der Waals surface area (Å²) in [5.41, 5.74) is 0. The lowest BCUT2D eigenvalue weighted by atomic mass is 9.89. The highest BCUT2D eigenvalue weighted by Crippen LogP contribution is 2.33. The van der Waals surface area contributed by atoms with Gasteiger partial charge in [-0.3, -0.25) is 14.5 Å². The number of likely N-dealkylation sites (N-methyl/N-ethyl adjacent to an activating group) is 1. The Morgan fingerprint density at radius 2 is 1.77 bits per heavy atom. The van der Waals surface area contributed by atoms with Crippen molar-refractivity contribution in [3.8, 4) is 0 Å². The Kier molecular flexibility index (Phi) is 5.01. The third-order valence-corrected chi connectivity index (χ3v) is 5.82. The minimum atomic E-state index is 0.0885. The standard InChI is InChI=1S/C17H29N3O2/c1-18-16(21)12-19-7-6-14-10-20(11-15(14)9-19)17(22)8-13-4-2-3-5-13/h13-15H,2-12H2,1H3,(H,18,21)/t14-,15+/m0/s1. The number of piperidine rings is 1. The molecule has 0 radical (unpaired) electrons. The Balaban J connectivity index is 1.48.